The number of amides is 1. The van der Waals surface area contributed by atoms with Crippen molar-refractivity contribution in [1.29, 1.82) is 0 Å². The number of hydrogen-bond acceptors (Lipinski definition) is 3. The molecule has 1 aromatic rings. The first-order valence-corrected chi connectivity index (χ1v) is 7.18. The van der Waals surface area contributed by atoms with Gasteiger partial charge in [0, 0.05) is 12.7 Å². The molecule has 4 nitrogen and oxygen atoms in total. The summed E-state index contributed by atoms with van der Waals surface area (Å²) in [6.07, 6.45) is 10.0. The Hall–Kier alpha value is -1.58. The Morgan fingerprint density at radius 3 is 2.58 bits per heavy atom. The summed E-state index contributed by atoms with van der Waals surface area (Å²) in [4.78, 5) is 15.6. The van der Waals surface area contributed by atoms with Gasteiger partial charge in [0.1, 0.15) is 5.75 Å². The van der Waals surface area contributed by atoms with Crippen LogP contribution in [0.2, 0.25) is 0 Å². The van der Waals surface area contributed by atoms with Crippen LogP contribution in [0, 0.1) is 0 Å². The Bertz CT molecular complexity index is 380. The molecule has 0 unspecified atom stereocenters. The molecule has 0 spiro atoms. The minimum absolute atomic E-state index is 0.0698. The highest BCUT2D eigenvalue weighted by Crippen LogP contribution is 2.12. The highest BCUT2D eigenvalue weighted by atomic mass is 16.3. The van der Waals surface area contributed by atoms with Crippen molar-refractivity contribution in [3.8, 4) is 5.75 Å². The molecule has 106 valence electrons. The summed E-state index contributed by atoms with van der Waals surface area (Å²) in [6, 6.07) is 3.07. The van der Waals surface area contributed by atoms with E-state index >= 15 is 0 Å². The van der Waals surface area contributed by atoms with Crippen LogP contribution in [0.3, 0.4) is 0 Å². The smallest absolute Gasteiger partial charge is 0.273 e. The van der Waals surface area contributed by atoms with Crippen molar-refractivity contribution >= 4 is 5.91 Å². The van der Waals surface area contributed by atoms with E-state index in [-0.39, 0.29) is 17.4 Å². The van der Waals surface area contributed by atoms with E-state index in [0.29, 0.717) is 6.54 Å². The lowest BCUT2D eigenvalue weighted by Gasteiger charge is -2.05. The van der Waals surface area contributed by atoms with Gasteiger partial charge in [0.25, 0.3) is 5.91 Å². The lowest BCUT2D eigenvalue weighted by Crippen LogP contribution is -2.25. The van der Waals surface area contributed by atoms with E-state index in [2.05, 4.69) is 17.2 Å². The van der Waals surface area contributed by atoms with E-state index in [1.165, 1.54) is 44.4 Å². The molecular formula is C15H24N2O2. The number of carbonyl (C=O) groups excluding carboxylic acids is 1. The van der Waals surface area contributed by atoms with Gasteiger partial charge in [0.2, 0.25) is 0 Å². The molecule has 0 saturated heterocycles. The van der Waals surface area contributed by atoms with Crippen molar-refractivity contribution < 1.29 is 9.90 Å². The van der Waals surface area contributed by atoms with Gasteiger partial charge in [0.05, 0.1) is 0 Å². The summed E-state index contributed by atoms with van der Waals surface area (Å²) in [5.74, 6) is -0.372. The Labute approximate surface area is 115 Å². The molecule has 0 aliphatic carbocycles. The second kappa shape index (κ2) is 9.36. The van der Waals surface area contributed by atoms with E-state index in [1.54, 1.807) is 6.07 Å². The van der Waals surface area contributed by atoms with Crippen molar-refractivity contribution in [3.05, 3.63) is 24.0 Å². The zero-order valence-corrected chi connectivity index (χ0v) is 11.7. The number of aromatic hydroxyl groups is 1. The van der Waals surface area contributed by atoms with Gasteiger partial charge in [0.15, 0.2) is 5.69 Å². The monoisotopic (exact) mass is 264 g/mol. The molecule has 1 rings (SSSR count). The maximum absolute atomic E-state index is 11.7. The van der Waals surface area contributed by atoms with Crippen LogP contribution in [0.4, 0.5) is 0 Å². The molecule has 0 aliphatic heterocycles. The standard InChI is InChI=1S/C15H24N2O2/c1-2-3-4-5-6-7-8-11-17-15(19)14-13(18)10-9-12-16-14/h9-10,12,18H,2-8,11H2,1H3,(H,17,19). The third kappa shape index (κ3) is 6.22. The maximum Gasteiger partial charge on any atom is 0.273 e. The zero-order valence-electron chi connectivity index (χ0n) is 11.7. The Kier molecular flexibility index (Phi) is 7.63. The first-order chi connectivity index (χ1) is 9.25. The van der Waals surface area contributed by atoms with Gasteiger partial charge in [-0.15, -0.1) is 0 Å². The zero-order chi connectivity index (χ0) is 13.9. The van der Waals surface area contributed by atoms with Crippen LogP contribution >= 0.6 is 0 Å². The van der Waals surface area contributed by atoms with Crippen molar-refractivity contribution in [2.45, 2.75) is 51.9 Å². The van der Waals surface area contributed by atoms with Crippen molar-refractivity contribution in [1.82, 2.24) is 10.3 Å². The fourth-order valence-corrected chi connectivity index (χ4v) is 1.94. The second-order valence-electron chi connectivity index (χ2n) is 4.75. The van der Waals surface area contributed by atoms with Crippen LogP contribution in [0.5, 0.6) is 5.75 Å². The molecular weight excluding hydrogens is 240 g/mol. The van der Waals surface area contributed by atoms with Crippen LogP contribution in [0.1, 0.15) is 62.4 Å². The van der Waals surface area contributed by atoms with E-state index in [9.17, 15) is 9.90 Å². The Balaban J connectivity index is 2.10. The van der Waals surface area contributed by atoms with Crippen LogP contribution < -0.4 is 5.32 Å². The first-order valence-electron chi connectivity index (χ1n) is 7.18. The van der Waals surface area contributed by atoms with Crippen LogP contribution in [0.25, 0.3) is 0 Å². The maximum atomic E-state index is 11.7. The topological polar surface area (TPSA) is 62.2 Å². The number of nitrogens with one attached hydrogen (secondary N) is 1. The number of unbranched alkanes of at least 4 members (excludes halogenated alkanes) is 6. The number of hydrogen-bond donors (Lipinski definition) is 2. The predicted molar refractivity (Wildman–Crippen MR) is 76.2 cm³/mol. The molecule has 1 heterocycles. The largest absolute Gasteiger partial charge is 0.505 e. The third-order valence-corrected chi connectivity index (χ3v) is 3.07. The molecule has 2 N–H and O–H groups in total. The van der Waals surface area contributed by atoms with E-state index in [4.69, 9.17) is 0 Å². The summed E-state index contributed by atoms with van der Waals surface area (Å²) in [5.41, 5.74) is 0.102. The number of rotatable bonds is 9. The number of pyridine rings is 1. The summed E-state index contributed by atoms with van der Waals surface area (Å²) < 4.78 is 0. The minimum atomic E-state index is -0.302. The van der Waals surface area contributed by atoms with Gasteiger partial charge < -0.3 is 10.4 Å². The van der Waals surface area contributed by atoms with Crippen LogP contribution in [-0.4, -0.2) is 22.5 Å². The minimum Gasteiger partial charge on any atom is -0.505 e. The fourth-order valence-electron chi connectivity index (χ4n) is 1.94. The summed E-state index contributed by atoms with van der Waals surface area (Å²) in [5, 5.41) is 12.3. The quantitative estimate of drug-likeness (QED) is 0.673. The van der Waals surface area contributed by atoms with Crippen molar-refractivity contribution in [3.63, 3.8) is 0 Å². The summed E-state index contributed by atoms with van der Waals surface area (Å²) >= 11 is 0. The summed E-state index contributed by atoms with van der Waals surface area (Å²) in [7, 11) is 0. The Morgan fingerprint density at radius 1 is 1.21 bits per heavy atom. The van der Waals surface area contributed by atoms with Gasteiger partial charge in [-0.1, -0.05) is 45.4 Å². The molecule has 19 heavy (non-hydrogen) atoms. The van der Waals surface area contributed by atoms with Gasteiger partial charge in [-0.2, -0.15) is 0 Å². The lowest BCUT2D eigenvalue weighted by molar-refractivity contribution is 0.0945. The molecule has 1 amide bonds. The van der Waals surface area contributed by atoms with E-state index in [0.717, 1.165) is 12.8 Å². The normalized spacial score (nSPS) is 10.4. The average molecular weight is 264 g/mol. The van der Waals surface area contributed by atoms with Gasteiger partial charge in [-0.25, -0.2) is 4.98 Å². The number of carbonyl (C=O) groups is 1. The molecule has 0 aromatic carbocycles. The molecule has 0 bridgehead atoms. The fraction of sp³-hybridized carbons (Fsp3) is 0.600. The highest BCUT2D eigenvalue weighted by molar-refractivity contribution is 5.94. The van der Waals surface area contributed by atoms with E-state index < -0.39 is 0 Å². The highest BCUT2D eigenvalue weighted by Gasteiger charge is 2.10. The molecule has 0 saturated carbocycles. The average Bonchev–Trinajstić information content (AvgIpc) is 2.42. The van der Waals surface area contributed by atoms with Crippen LogP contribution in [-0.2, 0) is 0 Å². The summed E-state index contributed by atoms with van der Waals surface area (Å²) in [6.45, 7) is 2.85. The molecule has 0 aliphatic rings. The van der Waals surface area contributed by atoms with Crippen molar-refractivity contribution in [2.75, 3.05) is 6.54 Å². The second-order valence-corrected chi connectivity index (χ2v) is 4.75. The first kappa shape index (κ1) is 15.5. The van der Waals surface area contributed by atoms with E-state index in [1.807, 2.05) is 0 Å². The lowest BCUT2D eigenvalue weighted by atomic mass is 10.1. The van der Waals surface area contributed by atoms with Crippen LogP contribution in [0.15, 0.2) is 18.3 Å². The Morgan fingerprint density at radius 2 is 1.89 bits per heavy atom. The van der Waals surface area contributed by atoms with Gasteiger partial charge in [-0.05, 0) is 18.6 Å². The van der Waals surface area contributed by atoms with Gasteiger partial charge >= 0.3 is 0 Å². The SMILES string of the molecule is CCCCCCCCCNC(=O)c1ncccc1O. The molecule has 0 radical (unpaired) electrons. The van der Waals surface area contributed by atoms with Gasteiger partial charge in [-0.3, -0.25) is 4.79 Å². The molecule has 4 heteroatoms. The predicted octanol–water partition coefficient (Wildman–Crippen LogP) is 3.27. The molecule has 1 aromatic heterocycles. The van der Waals surface area contributed by atoms with Crippen molar-refractivity contribution in [2.24, 2.45) is 0 Å². The molecule has 0 atom stereocenters. The number of nitrogens with zero attached hydrogens (tertiary/aromatic N) is 1. The molecule has 0 fully saturated rings. The number of aromatic nitrogens is 1. The third-order valence-electron chi connectivity index (χ3n) is 3.07.